The number of nitrogens with zero attached hydrogens (tertiary/aromatic N) is 2. The van der Waals surface area contributed by atoms with Crippen molar-refractivity contribution in [1.82, 2.24) is 0 Å². The van der Waals surface area contributed by atoms with E-state index in [0.717, 1.165) is 24.3 Å². The lowest BCUT2D eigenvalue weighted by Crippen LogP contribution is -2.43. The van der Waals surface area contributed by atoms with E-state index >= 15 is 0 Å². The summed E-state index contributed by atoms with van der Waals surface area (Å²) < 4.78 is 19.8. The maximum absolute atomic E-state index is 11.5. The molecule has 0 aliphatic heterocycles. The fourth-order valence-electron chi connectivity index (χ4n) is 3.69. The van der Waals surface area contributed by atoms with E-state index in [1.54, 1.807) is 34.1 Å². The number of carbonyl (C=O) groups excluding carboxylic acids is 4. The van der Waals surface area contributed by atoms with Crippen molar-refractivity contribution in [2.75, 3.05) is 62.4 Å². The average molecular weight is 636 g/mol. The Labute approximate surface area is 261 Å². The molecule has 4 unspecified atom stereocenters. The summed E-state index contributed by atoms with van der Waals surface area (Å²) in [4.78, 5) is 54.0. The molecule has 4 atom stereocenters. The number of hydrogen-bond donors (Lipinski definition) is 4. The Hall–Kier alpha value is -4.54. The van der Waals surface area contributed by atoms with Gasteiger partial charge in [-0.1, -0.05) is 26.3 Å². The van der Waals surface area contributed by atoms with Crippen LogP contribution < -0.4 is 15.7 Å². The second kappa shape index (κ2) is 21.2. The number of aliphatic hydroxyl groups is 3. The van der Waals surface area contributed by atoms with Crippen LogP contribution in [-0.2, 0) is 43.0 Å². The second-order valence-electron chi connectivity index (χ2n) is 9.38. The van der Waals surface area contributed by atoms with Gasteiger partial charge in [-0.25, -0.2) is 25.1 Å². The van der Waals surface area contributed by atoms with Crippen LogP contribution in [0.25, 0.3) is 0 Å². The van der Waals surface area contributed by atoms with Gasteiger partial charge in [0.2, 0.25) is 0 Å². The van der Waals surface area contributed by atoms with Crippen molar-refractivity contribution in [3.63, 3.8) is 0 Å². The van der Waals surface area contributed by atoms with E-state index in [2.05, 4.69) is 26.3 Å². The van der Waals surface area contributed by atoms with Crippen LogP contribution in [0.5, 0.6) is 0 Å². The SMILES string of the molecule is C=CC(=O)OCC(O)CN(CC(O)COC(=O)C=C)c1ccc(N(CC(O)COC(=O)C=C)CC(COC(=O)C=C)ON)cc1. The summed E-state index contributed by atoms with van der Waals surface area (Å²) in [5.74, 6) is 2.58. The Morgan fingerprint density at radius 3 is 1.18 bits per heavy atom. The van der Waals surface area contributed by atoms with Gasteiger partial charge in [0.15, 0.2) is 0 Å². The third kappa shape index (κ3) is 15.7. The molecule has 5 N–H and O–H groups in total. The Bertz CT molecular complexity index is 1110. The highest BCUT2D eigenvalue weighted by molar-refractivity contribution is 5.82. The molecule has 248 valence electrons. The van der Waals surface area contributed by atoms with Gasteiger partial charge in [-0.15, -0.1) is 0 Å². The van der Waals surface area contributed by atoms with Crippen LogP contribution in [0, 0.1) is 0 Å². The molecule has 0 radical (unpaired) electrons. The zero-order valence-corrected chi connectivity index (χ0v) is 24.9. The number of rotatable bonds is 23. The third-order valence-corrected chi connectivity index (χ3v) is 5.82. The summed E-state index contributed by atoms with van der Waals surface area (Å²) in [7, 11) is 0. The van der Waals surface area contributed by atoms with Gasteiger partial charge in [-0.3, -0.25) is 4.84 Å². The zero-order chi connectivity index (χ0) is 33.8. The quantitative estimate of drug-likeness (QED) is 0.0520. The minimum Gasteiger partial charge on any atom is -0.460 e. The van der Waals surface area contributed by atoms with Gasteiger partial charge < -0.3 is 44.1 Å². The van der Waals surface area contributed by atoms with Crippen LogP contribution in [-0.4, -0.2) is 116 Å². The van der Waals surface area contributed by atoms with Crippen molar-refractivity contribution in [2.24, 2.45) is 5.90 Å². The summed E-state index contributed by atoms with van der Waals surface area (Å²) in [5.41, 5.74) is 1.04. The molecular weight excluding hydrogens is 594 g/mol. The van der Waals surface area contributed by atoms with Crippen molar-refractivity contribution < 1.29 is 58.3 Å². The highest BCUT2D eigenvalue weighted by atomic mass is 16.6. The summed E-state index contributed by atoms with van der Waals surface area (Å²) >= 11 is 0. The zero-order valence-electron chi connectivity index (χ0n) is 24.9. The number of anilines is 2. The normalized spacial score (nSPS) is 13.2. The van der Waals surface area contributed by atoms with Gasteiger partial charge >= 0.3 is 23.9 Å². The molecular formula is C30H41N3O12. The highest BCUT2D eigenvalue weighted by Crippen LogP contribution is 2.23. The van der Waals surface area contributed by atoms with E-state index in [9.17, 15) is 34.5 Å². The van der Waals surface area contributed by atoms with Crippen LogP contribution in [0.2, 0.25) is 0 Å². The molecule has 0 bridgehead atoms. The number of ether oxygens (including phenoxy) is 4. The van der Waals surface area contributed by atoms with E-state index in [0.29, 0.717) is 11.4 Å². The number of benzene rings is 1. The predicted molar refractivity (Wildman–Crippen MR) is 163 cm³/mol. The van der Waals surface area contributed by atoms with E-state index in [1.807, 2.05) is 0 Å². The molecule has 1 aromatic carbocycles. The number of esters is 4. The monoisotopic (exact) mass is 635 g/mol. The van der Waals surface area contributed by atoms with E-state index in [-0.39, 0.29) is 52.6 Å². The lowest BCUT2D eigenvalue weighted by atomic mass is 10.2. The van der Waals surface area contributed by atoms with Crippen molar-refractivity contribution in [2.45, 2.75) is 24.4 Å². The largest absolute Gasteiger partial charge is 0.460 e. The van der Waals surface area contributed by atoms with E-state index in [4.69, 9.17) is 29.7 Å². The second-order valence-corrected chi connectivity index (χ2v) is 9.38. The topological polar surface area (TPSA) is 208 Å². The van der Waals surface area contributed by atoms with E-state index in [1.165, 1.54) is 0 Å². The van der Waals surface area contributed by atoms with Gasteiger partial charge in [-0.2, -0.15) is 0 Å². The Morgan fingerprint density at radius 1 is 0.600 bits per heavy atom. The molecule has 0 aliphatic rings. The molecule has 1 aromatic rings. The average Bonchev–Trinajstić information content (AvgIpc) is 3.05. The lowest BCUT2D eigenvalue weighted by Gasteiger charge is -2.32. The Morgan fingerprint density at radius 2 is 0.889 bits per heavy atom. The van der Waals surface area contributed by atoms with Crippen molar-refractivity contribution in [3.8, 4) is 0 Å². The molecule has 0 fully saturated rings. The summed E-state index contributed by atoms with van der Waals surface area (Å²) in [6, 6.07) is 6.60. The summed E-state index contributed by atoms with van der Waals surface area (Å²) in [6.07, 6.45) is -0.468. The van der Waals surface area contributed by atoms with Crippen LogP contribution >= 0.6 is 0 Å². The number of hydrogen-bond acceptors (Lipinski definition) is 15. The summed E-state index contributed by atoms with van der Waals surface area (Å²) in [6.45, 7) is 11.8. The standard InChI is InChI=1S/C30H41N3O12/c1-5-27(37)41-17-23(34)13-32(14-24(35)18-42-28(38)6-2)21-9-11-22(12-10-21)33(15-25(36)19-43-29(39)7-3)16-26(45-31)20-44-30(40)8-4/h5-12,23-26,34-36H,1-4,13-20,31H2. The van der Waals surface area contributed by atoms with Gasteiger partial charge in [0.05, 0.1) is 0 Å². The first kappa shape index (κ1) is 38.5. The minimum absolute atomic E-state index is 0.0250. The molecule has 0 saturated carbocycles. The fourth-order valence-corrected chi connectivity index (χ4v) is 3.69. The summed E-state index contributed by atoms with van der Waals surface area (Å²) in [5, 5.41) is 31.5. The molecule has 15 nitrogen and oxygen atoms in total. The fraction of sp³-hybridized carbons (Fsp3) is 0.400. The number of nitrogens with two attached hydrogens (primary N) is 1. The van der Waals surface area contributed by atoms with Gasteiger partial charge in [0.1, 0.15) is 50.8 Å². The van der Waals surface area contributed by atoms with Crippen molar-refractivity contribution >= 4 is 35.3 Å². The molecule has 0 spiro atoms. The third-order valence-electron chi connectivity index (χ3n) is 5.82. The molecule has 0 saturated heterocycles. The maximum Gasteiger partial charge on any atom is 0.330 e. The molecule has 0 aromatic heterocycles. The predicted octanol–water partition coefficient (Wildman–Crippen LogP) is -0.442. The van der Waals surface area contributed by atoms with Crippen LogP contribution in [0.15, 0.2) is 74.9 Å². The lowest BCUT2D eigenvalue weighted by molar-refractivity contribution is -0.142. The Kier molecular flexibility index (Phi) is 18.1. The van der Waals surface area contributed by atoms with Gasteiger partial charge in [0.25, 0.3) is 0 Å². The van der Waals surface area contributed by atoms with Crippen molar-refractivity contribution in [1.29, 1.82) is 0 Å². The van der Waals surface area contributed by atoms with E-state index < -0.39 is 48.3 Å². The van der Waals surface area contributed by atoms with Crippen LogP contribution in [0.1, 0.15) is 0 Å². The number of carbonyl (C=O) groups is 4. The molecule has 0 aliphatic carbocycles. The van der Waals surface area contributed by atoms with Crippen molar-refractivity contribution in [3.05, 3.63) is 74.9 Å². The van der Waals surface area contributed by atoms with Gasteiger partial charge in [0, 0.05) is 61.9 Å². The molecule has 0 amide bonds. The van der Waals surface area contributed by atoms with Gasteiger partial charge in [-0.05, 0) is 24.3 Å². The molecule has 0 heterocycles. The first-order valence-corrected chi connectivity index (χ1v) is 13.6. The van der Waals surface area contributed by atoms with Crippen LogP contribution in [0.3, 0.4) is 0 Å². The number of aliphatic hydroxyl groups excluding tert-OH is 3. The molecule has 1 rings (SSSR count). The maximum atomic E-state index is 11.5. The Balaban J connectivity index is 3.23. The first-order chi connectivity index (χ1) is 21.4. The highest BCUT2D eigenvalue weighted by Gasteiger charge is 2.22. The first-order valence-electron chi connectivity index (χ1n) is 13.6. The molecule has 45 heavy (non-hydrogen) atoms. The minimum atomic E-state index is -1.16. The smallest absolute Gasteiger partial charge is 0.330 e. The molecule has 15 heteroatoms. The van der Waals surface area contributed by atoms with Crippen LogP contribution in [0.4, 0.5) is 11.4 Å².